The quantitative estimate of drug-likeness (QED) is 0.704. The van der Waals surface area contributed by atoms with Crippen LogP contribution in [0, 0.1) is 0 Å². The number of halogens is 1. The molecule has 0 saturated carbocycles. The summed E-state index contributed by atoms with van der Waals surface area (Å²) < 4.78 is 2.30. The molecule has 0 aliphatic carbocycles. The first-order valence-electron chi connectivity index (χ1n) is 2.99. The lowest BCUT2D eigenvalue weighted by Crippen LogP contribution is -2.09. The van der Waals surface area contributed by atoms with E-state index >= 15 is 0 Å². The number of imidazole rings is 1. The predicted molar refractivity (Wildman–Crippen MR) is 43.5 cm³/mol. The molecule has 0 aliphatic heterocycles. The van der Waals surface area contributed by atoms with Crippen molar-refractivity contribution >= 4 is 21.6 Å². The first kappa shape index (κ1) is 6.60. The summed E-state index contributed by atoms with van der Waals surface area (Å²) in [6, 6.07) is 0. The molecule has 56 valence electrons. The molecule has 2 aromatic rings. The Bertz CT molecular complexity index is 444. The number of nitrogens with one attached hydrogen (secondary N) is 1. The molecule has 1 N–H and O–H groups in total. The van der Waals surface area contributed by atoms with Crippen LogP contribution in [0.15, 0.2) is 28.0 Å². The standard InChI is InChI=1S/C6H4BrN3O/c7-4-3-10-2-1-8-5(10)6(11)9-4/h1-3H,(H,9,11). The van der Waals surface area contributed by atoms with E-state index in [4.69, 9.17) is 0 Å². The average molecular weight is 214 g/mol. The molecule has 4 nitrogen and oxygen atoms in total. The van der Waals surface area contributed by atoms with Gasteiger partial charge in [0, 0.05) is 18.6 Å². The maximum absolute atomic E-state index is 11.1. The molecular weight excluding hydrogens is 210 g/mol. The van der Waals surface area contributed by atoms with Crippen LogP contribution in [0.3, 0.4) is 0 Å². The van der Waals surface area contributed by atoms with Crippen molar-refractivity contribution in [1.82, 2.24) is 14.4 Å². The van der Waals surface area contributed by atoms with Crippen molar-refractivity contribution in [2.45, 2.75) is 0 Å². The van der Waals surface area contributed by atoms with E-state index in [1.54, 1.807) is 23.0 Å². The number of hydrogen-bond donors (Lipinski definition) is 1. The second kappa shape index (κ2) is 2.20. The molecule has 0 aromatic carbocycles. The van der Waals surface area contributed by atoms with Crippen molar-refractivity contribution in [1.29, 1.82) is 0 Å². The normalized spacial score (nSPS) is 10.6. The van der Waals surface area contributed by atoms with Crippen LogP contribution < -0.4 is 5.56 Å². The van der Waals surface area contributed by atoms with Crippen molar-refractivity contribution in [3.05, 3.63) is 33.5 Å². The zero-order valence-electron chi connectivity index (χ0n) is 5.41. The Balaban J connectivity index is 3.02. The summed E-state index contributed by atoms with van der Waals surface area (Å²) in [5, 5.41) is 0. The maximum Gasteiger partial charge on any atom is 0.292 e. The average Bonchev–Trinajstić information content (AvgIpc) is 2.34. The van der Waals surface area contributed by atoms with Crippen molar-refractivity contribution in [3.63, 3.8) is 0 Å². The second-order valence-electron chi connectivity index (χ2n) is 2.09. The van der Waals surface area contributed by atoms with Crippen LogP contribution in [0.25, 0.3) is 5.65 Å². The first-order valence-corrected chi connectivity index (χ1v) is 3.78. The Morgan fingerprint density at radius 3 is 3.27 bits per heavy atom. The highest BCUT2D eigenvalue weighted by atomic mass is 79.9. The Kier molecular flexibility index (Phi) is 1.32. The predicted octanol–water partition coefficient (Wildman–Crippen LogP) is 0.785. The summed E-state index contributed by atoms with van der Waals surface area (Å²) in [4.78, 5) is 17.5. The first-order chi connectivity index (χ1) is 5.27. The van der Waals surface area contributed by atoms with E-state index in [0.717, 1.165) is 0 Å². The Morgan fingerprint density at radius 2 is 2.45 bits per heavy atom. The van der Waals surface area contributed by atoms with Crippen LogP contribution in [0.1, 0.15) is 0 Å². The van der Waals surface area contributed by atoms with Gasteiger partial charge in [0.1, 0.15) is 4.60 Å². The third-order valence-corrected chi connectivity index (χ3v) is 1.76. The number of fused-ring (bicyclic) bond motifs is 1. The Morgan fingerprint density at radius 1 is 1.64 bits per heavy atom. The molecule has 0 amide bonds. The van der Waals surface area contributed by atoms with Gasteiger partial charge in [-0.25, -0.2) is 4.98 Å². The SMILES string of the molecule is O=c1[nH]c(Br)cn2ccnc12. The van der Waals surface area contributed by atoms with Crippen molar-refractivity contribution in [2.75, 3.05) is 0 Å². The minimum atomic E-state index is -0.190. The highest BCUT2D eigenvalue weighted by Crippen LogP contribution is 2.02. The molecule has 0 atom stereocenters. The van der Waals surface area contributed by atoms with Gasteiger partial charge in [-0.05, 0) is 15.9 Å². The van der Waals surface area contributed by atoms with Gasteiger partial charge in [-0.15, -0.1) is 0 Å². The molecular formula is C6H4BrN3O. The van der Waals surface area contributed by atoms with Gasteiger partial charge in [0.15, 0.2) is 0 Å². The van der Waals surface area contributed by atoms with E-state index in [1.165, 1.54) is 0 Å². The summed E-state index contributed by atoms with van der Waals surface area (Å²) in [7, 11) is 0. The lowest BCUT2D eigenvalue weighted by molar-refractivity contribution is 1.06. The van der Waals surface area contributed by atoms with Gasteiger partial charge < -0.3 is 4.98 Å². The third kappa shape index (κ3) is 0.970. The van der Waals surface area contributed by atoms with E-state index in [-0.39, 0.29) is 5.56 Å². The second-order valence-corrected chi connectivity index (χ2v) is 2.94. The zero-order valence-corrected chi connectivity index (χ0v) is 7.00. The zero-order chi connectivity index (χ0) is 7.84. The van der Waals surface area contributed by atoms with Crippen LogP contribution >= 0.6 is 15.9 Å². The molecule has 0 fully saturated rings. The molecule has 2 aromatic heterocycles. The number of hydrogen-bond acceptors (Lipinski definition) is 2. The Hall–Kier alpha value is -1.10. The number of nitrogens with zero attached hydrogens (tertiary/aromatic N) is 2. The summed E-state index contributed by atoms with van der Waals surface area (Å²) in [6.45, 7) is 0. The largest absolute Gasteiger partial charge is 0.312 e. The summed E-state index contributed by atoms with van der Waals surface area (Å²) >= 11 is 3.16. The summed E-state index contributed by atoms with van der Waals surface area (Å²) in [5.41, 5.74) is 0.220. The fourth-order valence-corrected chi connectivity index (χ4v) is 1.31. The van der Waals surface area contributed by atoms with E-state index in [1.807, 2.05) is 0 Å². The smallest absolute Gasteiger partial charge is 0.292 e. The fraction of sp³-hybridized carbons (Fsp3) is 0. The van der Waals surface area contributed by atoms with Crippen molar-refractivity contribution in [3.8, 4) is 0 Å². The highest BCUT2D eigenvalue weighted by molar-refractivity contribution is 9.10. The molecule has 5 heteroatoms. The van der Waals surface area contributed by atoms with Gasteiger partial charge in [0.25, 0.3) is 5.56 Å². The minimum absolute atomic E-state index is 0.190. The van der Waals surface area contributed by atoms with Gasteiger partial charge in [-0.1, -0.05) is 0 Å². The molecule has 0 radical (unpaired) electrons. The molecule has 11 heavy (non-hydrogen) atoms. The van der Waals surface area contributed by atoms with Crippen LogP contribution in [0.5, 0.6) is 0 Å². The van der Waals surface area contributed by atoms with Gasteiger partial charge in [-0.3, -0.25) is 9.20 Å². The fourth-order valence-electron chi connectivity index (χ4n) is 0.912. The minimum Gasteiger partial charge on any atom is -0.312 e. The summed E-state index contributed by atoms with van der Waals surface area (Å²) in [6.07, 6.45) is 5.04. The van der Waals surface area contributed by atoms with E-state index in [9.17, 15) is 4.79 Å². The summed E-state index contributed by atoms with van der Waals surface area (Å²) in [5.74, 6) is 0. The number of aromatic nitrogens is 3. The van der Waals surface area contributed by atoms with Gasteiger partial charge in [0.2, 0.25) is 5.65 Å². The monoisotopic (exact) mass is 213 g/mol. The molecule has 0 saturated heterocycles. The van der Waals surface area contributed by atoms with Crippen LogP contribution in [0.4, 0.5) is 0 Å². The third-order valence-electron chi connectivity index (χ3n) is 1.36. The van der Waals surface area contributed by atoms with E-state index < -0.39 is 0 Å². The maximum atomic E-state index is 11.1. The highest BCUT2D eigenvalue weighted by Gasteiger charge is 1.98. The van der Waals surface area contributed by atoms with Crippen LogP contribution in [0.2, 0.25) is 0 Å². The van der Waals surface area contributed by atoms with Gasteiger partial charge >= 0.3 is 0 Å². The van der Waals surface area contributed by atoms with Crippen molar-refractivity contribution in [2.24, 2.45) is 0 Å². The van der Waals surface area contributed by atoms with Crippen LogP contribution in [-0.4, -0.2) is 14.4 Å². The van der Waals surface area contributed by atoms with E-state index in [2.05, 4.69) is 25.9 Å². The number of aromatic amines is 1. The molecule has 0 aliphatic rings. The number of H-pyrrole nitrogens is 1. The molecule has 0 unspecified atom stereocenters. The number of rotatable bonds is 0. The lowest BCUT2D eigenvalue weighted by Gasteiger charge is -1.92. The molecule has 2 heterocycles. The van der Waals surface area contributed by atoms with Gasteiger partial charge in [0.05, 0.1) is 0 Å². The lowest BCUT2D eigenvalue weighted by atomic mass is 10.7. The van der Waals surface area contributed by atoms with Crippen molar-refractivity contribution < 1.29 is 0 Å². The molecule has 0 bridgehead atoms. The van der Waals surface area contributed by atoms with Gasteiger partial charge in [-0.2, -0.15) is 0 Å². The Labute approximate surface area is 70.0 Å². The molecule has 2 rings (SSSR count). The van der Waals surface area contributed by atoms with Crippen LogP contribution in [-0.2, 0) is 0 Å². The van der Waals surface area contributed by atoms with E-state index in [0.29, 0.717) is 10.3 Å². The topological polar surface area (TPSA) is 50.2 Å². The molecule has 0 spiro atoms.